The molecule has 1 atom stereocenters. The van der Waals surface area contributed by atoms with Crippen molar-refractivity contribution in [2.45, 2.75) is 18.9 Å². The minimum absolute atomic E-state index is 0.166. The number of aliphatic hydroxyl groups excluding tert-OH is 1. The molecule has 3 aliphatic rings. The molecule has 11 nitrogen and oxygen atoms in total. The van der Waals surface area contributed by atoms with Crippen LogP contribution in [0.3, 0.4) is 0 Å². The van der Waals surface area contributed by atoms with Crippen molar-refractivity contribution in [3.05, 3.63) is 18.0 Å². The summed E-state index contributed by atoms with van der Waals surface area (Å²) in [6.45, 7) is 4.36. The molecule has 1 unspecified atom stereocenters. The maximum atomic E-state index is 11.9. The van der Waals surface area contributed by atoms with E-state index >= 15 is 0 Å². The highest BCUT2D eigenvalue weighted by atomic mass is 16.5. The molecule has 5 heterocycles. The van der Waals surface area contributed by atoms with Crippen molar-refractivity contribution < 1.29 is 14.6 Å². The van der Waals surface area contributed by atoms with Gasteiger partial charge in [-0.15, -0.1) is 0 Å². The molecule has 0 bridgehead atoms. The Morgan fingerprint density at radius 2 is 1.94 bits per heavy atom. The zero-order chi connectivity index (χ0) is 21.4. The minimum atomic E-state index is -0.450. The van der Waals surface area contributed by atoms with Gasteiger partial charge in [-0.1, -0.05) is 0 Å². The van der Waals surface area contributed by atoms with Crippen molar-refractivity contribution in [3.63, 3.8) is 0 Å². The van der Waals surface area contributed by atoms with Gasteiger partial charge < -0.3 is 30.3 Å². The first-order chi connectivity index (χ1) is 15.1. The minimum Gasteiger partial charge on any atom is -0.387 e. The van der Waals surface area contributed by atoms with Crippen LogP contribution in [-0.2, 0) is 16.0 Å². The van der Waals surface area contributed by atoms with Gasteiger partial charge >= 0.3 is 0 Å². The number of carbonyl (C=O) groups is 1. The van der Waals surface area contributed by atoms with Crippen LogP contribution in [-0.4, -0.2) is 94.4 Å². The van der Waals surface area contributed by atoms with Crippen molar-refractivity contribution >= 4 is 23.6 Å². The molecule has 2 saturated heterocycles. The molecule has 2 fully saturated rings. The van der Waals surface area contributed by atoms with Gasteiger partial charge in [0.05, 0.1) is 18.9 Å². The number of morpholine rings is 1. The van der Waals surface area contributed by atoms with Gasteiger partial charge in [-0.3, -0.25) is 4.79 Å². The number of aromatic nitrogens is 4. The number of nitrogen functional groups attached to an aromatic ring is 1. The Morgan fingerprint density at radius 1 is 1.16 bits per heavy atom. The summed E-state index contributed by atoms with van der Waals surface area (Å²) in [5, 5.41) is 9.21. The number of fused-ring (bicyclic) bond motifs is 1. The number of nitrogens with zero attached hydrogens (tertiary/aromatic N) is 7. The molecule has 0 aromatic carbocycles. The molecule has 2 aromatic heterocycles. The molecule has 0 aliphatic carbocycles. The number of likely N-dealkylation sites (tertiary alicyclic amines) is 1. The van der Waals surface area contributed by atoms with E-state index in [9.17, 15) is 9.90 Å². The first-order valence-corrected chi connectivity index (χ1v) is 10.6. The summed E-state index contributed by atoms with van der Waals surface area (Å²) in [5.74, 6) is 1.58. The lowest BCUT2D eigenvalue weighted by molar-refractivity contribution is -0.133. The summed E-state index contributed by atoms with van der Waals surface area (Å²) in [7, 11) is 0. The molecule has 0 radical (unpaired) electrons. The van der Waals surface area contributed by atoms with Crippen LogP contribution in [0.1, 0.15) is 12.0 Å². The van der Waals surface area contributed by atoms with Crippen molar-refractivity contribution in [2.24, 2.45) is 0 Å². The van der Waals surface area contributed by atoms with Gasteiger partial charge in [0.15, 0.2) is 0 Å². The molecule has 0 saturated carbocycles. The number of hydrogen-bond acceptors (Lipinski definition) is 10. The third kappa shape index (κ3) is 3.74. The van der Waals surface area contributed by atoms with E-state index in [0.717, 1.165) is 55.1 Å². The average molecular weight is 426 g/mol. The van der Waals surface area contributed by atoms with Crippen LogP contribution >= 0.6 is 0 Å². The van der Waals surface area contributed by atoms with Gasteiger partial charge in [0.1, 0.15) is 12.4 Å². The van der Waals surface area contributed by atoms with E-state index in [2.05, 4.69) is 19.8 Å². The van der Waals surface area contributed by atoms with Gasteiger partial charge in [0.25, 0.3) is 0 Å². The van der Waals surface area contributed by atoms with Crippen LogP contribution < -0.4 is 15.5 Å². The Bertz CT molecular complexity index is 964. The predicted molar refractivity (Wildman–Crippen MR) is 114 cm³/mol. The van der Waals surface area contributed by atoms with E-state index < -0.39 is 6.61 Å². The van der Waals surface area contributed by atoms with Crippen molar-refractivity contribution in [3.8, 4) is 11.3 Å². The normalized spacial score (nSPS) is 20.9. The molecule has 11 heteroatoms. The molecule has 0 spiro atoms. The van der Waals surface area contributed by atoms with Gasteiger partial charge in [-0.2, -0.15) is 4.98 Å². The fraction of sp³-hybridized carbons (Fsp3) is 0.550. The highest BCUT2D eigenvalue weighted by molar-refractivity contribution is 5.78. The Morgan fingerprint density at radius 3 is 2.68 bits per heavy atom. The molecule has 2 aromatic rings. The Kier molecular flexibility index (Phi) is 5.28. The number of aliphatic hydroxyl groups is 1. The molecular formula is C20H26N8O3. The number of anilines is 3. The number of carbonyl (C=O) groups excluding carboxylic acids is 1. The number of amides is 1. The lowest BCUT2D eigenvalue weighted by atomic mass is 10.1. The standard InChI is InChI=1S/C20H26N8O3/c21-19-22-9-13(10-23-19)17-15-2-4-28(14-1-3-27(11-14)16(30)12-29)18(15)25-20(24-17)26-5-7-31-8-6-26/h9-10,14,29H,1-8,11-12H2,(H2,21,22,23). The molecule has 1 amide bonds. The van der Waals surface area contributed by atoms with Gasteiger partial charge in [-0.25, -0.2) is 15.0 Å². The fourth-order valence-corrected chi connectivity index (χ4v) is 4.55. The van der Waals surface area contributed by atoms with Crippen LogP contribution in [0.5, 0.6) is 0 Å². The van der Waals surface area contributed by atoms with Gasteiger partial charge in [0.2, 0.25) is 17.8 Å². The van der Waals surface area contributed by atoms with E-state index in [1.165, 1.54) is 0 Å². The summed E-state index contributed by atoms with van der Waals surface area (Å²) >= 11 is 0. The summed E-state index contributed by atoms with van der Waals surface area (Å²) in [6, 6.07) is 0.166. The van der Waals surface area contributed by atoms with Crippen molar-refractivity contribution in [1.29, 1.82) is 0 Å². The smallest absolute Gasteiger partial charge is 0.248 e. The summed E-state index contributed by atoms with van der Waals surface area (Å²) in [6.07, 6.45) is 5.06. The number of rotatable bonds is 4. The molecule has 3 aliphatic heterocycles. The van der Waals surface area contributed by atoms with Crippen LogP contribution in [0.15, 0.2) is 12.4 Å². The lowest BCUT2D eigenvalue weighted by Gasteiger charge is -2.30. The summed E-state index contributed by atoms with van der Waals surface area (Å²) < 4.78 is 5.49. The molecule has 3 N–H and O–H groups in total. The quantitative estimate of drug-likeness (QED) is 0.647. The van der Waals surface area contributed by atoms with E-state index in [0.29, 0.717) is 32.3 Å². The number of hydrogen-bond donors (Lipinski definition) is 2. The van der Waals surface area contributed by atoms with E-state index in [4.69, 9.17) is 20.4 Å². The SMILES string of the molecule is Nc1ncc(-c2nc(N3CCOCC3)nc3c2CCN3C2CCN(C(=O)CO)C2)cn1. The van der Waals surface area contributed by atoms with Gasteiger partial charge in [-0.05, 0) is 12.8 Å². The lowest BCUT2D eigenvalue weighted by Crippen LogP contribution is -2.40. The van der Waals surface area contributed by atoms with Crippen LogP contribution in [0.4, 0.5) is 17.7 Å². The second-order valence-corrected chi connectivity index (χ2v) is 7.99. The molecule has 31 heavy (non-hydrogen) atoms. The predicted octanol–water partition coefficient (Wildman–Crippen LogP) is -0.692. The van der Waals surface area contributed by atoms with Gasteiger partial charge in [0, 0.05) is 62.3 Å². The third-order valence-corrected chi connectivity index (χ3v) is 6.18. The first-order valence-electron chi connectivity index (χ1n) is 10.6. The average Bonchev–Trinajstić information content (AvgIpc) is 3.46. The Balaban J connectivity index is 1.52. The largest absolute Gasteiger partial charge is 0.387 e. The van der Waals surface area contributed by atoms with Crippen molar-refractivity contribution in [2.75, 3.05) is 68.1 Å². The summed E-state index contributed by atoms with van der Waals surface area (Å²) in [5.41, 5.74) is 8.39. The first kappa shape index (κ1) is 19.9. The van der Waals surface area contributed by atoms with E-state index in [1.807, 2.05) is 0 Å². The fourth-order valence-electron chi connectivity index (χ4n) is 4.55. The van der Waals surface area contributed by atoms with Crippen LogP contribution in [0, 0.1) is 0 Å². The zero-order valence-corrected chi connectivity index (χ0v) is 17.3. The molecular weight excluding hydrogens is 400 g/mol. The Hall–Kier alpha value is -3.05. The van der Waals surface area contributed by atoms with Crippen LogP contribution in [0.25, 0.3) is 11.3 Å². The van der Waals surface area contributed by atoms with Crippen molar-refractivity contribution in [1.82, 2.24) is 24.8 Å². The monoisotopic (exact) mass is 426 g/mol. The molecule has 5 rings (SSSR count). The van der Waals surface area contributed by atoms with E-state index in [1.54, 1.807) is 17.3 Å². The summed E-state index contributed by atoms with van der Waals surface area (Å²) in [4.78, 5) is 36.2. The maximum Gasteiger partial charge on any atom is 0.248 e. The van der Waals surface area contributed by atoms with Crippen LogP contribution in [0.2, 0.25) is 0 Å². The third-order valence-electron chi connectivity index (χ3n) is 6.18. The highest BCUT2D eigenvalue weighted by Crippen LogP contribution is 2.37. The molecule has 164 valence electrons. The number of nitrogens with two attached hydrogens (primary N) is 1. The van der Waals surface area contributed by atoms with E-state index in [-0.39, 0.29) is 17.9 Å². The Labute approximate surface area is 179 Å². The second kappa shape index (κ2) is 8.23. The second-order valence-electron chi connectivity index (χ2n) is 7.99. The zero-order valence-electron chi connectivity index (χ0n) is 17.3. The highest BCUT2D eigenvalue weighted by Gasteiger charge is 2.36. The topological polar surface area (TPSA) is 134 Å². The number of ether oxygens (including phenoxy) is 1. The maximum absolute atomic E-state index is 11.9.